The van der Waals surface area contributed by atoms with Gasteiger partial charge in [-0.15, -0.1) is 0 Å². The molecule has 0 saturated heterocycles. The first-order valence-corrected chi connectivity index (χ1v) is 24.0. The van der Waals surface area contributed by atoms with Crippen molar-refractivity contribution in [1.29, 1.82) is 21.0 Å². The van der Waals surface area contributed by atoms with Crippen LogP contribution in [0.3, 0.4) is 0 Å². The molecule has 0 aliphatic rings. The van der Waals surface area contributed by atoms with Gasteiger partial charge in [0.15, 0.2) is 5.82 Å². The normalized spacial score (nSPS) is 11.4. The summed E-state index contributed by atoms with van der Waals surface area (Å²) in [6.07, 6.45) is -5.03. The van der Waals surface area contributed by atoms with Crippen molar-refractivity contribution in [3.8, 4) is 91.5 Å². The minimum Gasteiger partial charge on any atom is -0.308 e. The third kappa shape index (κ3) is 8.01. The summed E-state index contributed by atoms with van der Waals surface area (Å²) in [7, 11) is 0. The summed E-state index contributed by atoms with van der Waals surface area (Å²) in [5, 5.41) is 42.2. The van der Waals surface area contributed by atoms with Crippen LogP contribution in [0.15, 0.2) is 182 Å². The summed E-state index contributed by atoms with van der Waals surface area (Å²) in [5.74, 6) is 0.913. The molecule has 0 bridgehead atoms. The van der Waals surface area contributed by atoms with E-state index in [4.69, 9.17) is 9.97 Å². The molecule has 0 aliphatic carbocycles. The molecule has 358 valence electrons. The van der Waals surface area contributed by atoms with Crippen molar-refractivity contribution in [2.45, 2.75) is 20.0 Å². The predicted octanol–water partition coefficient (Wildman–Crippen LogP) is 15.5. The van der Waals surface area contributed by atoms with E-state index in [1.807, 2.05) is 97.1 Å². The van der Waals surface area contributed by atoms with Crippen LogP contribution in [-0.2, 0) is 6.18 Å². The number of aromatic nitrogens is 5. The van der Waals surface area contributed by atoms with Crippen LogP contribution in [0.5, 0.6) is 0 Å². The number of aryl methyl sites for hydroxylation is 2. The minimum absolute atomic E-state index is 0.161. The van der Waals surface area contributed by atoms with Gasteiger partial charge >= 0.3 is 6.18 Å². The summed E-state index contributed by atoms with van der Waals surface area (Å²) >= 11 is 0. The molecule has 12 aromatic rings. The molecule has 76 heavy (non-hydrogen) atoms. The van der Waals surface area contributed by atoms with Gasteiger partial charge in [0.25, 0.3) is 0 Å². The molecular weight excluding hydrogens is 952 g/mol. The van der Waals surface area contributed by atoms with Gasteiger partial charge in [-0.1, -0.05) is 97.1 Å². The van der Waals surface area contributed by atoms with Gasteiger partial charge in [-0.3, -0.25) is 0 Å². The molecule has 12 rings (SSSR count). The van der Waals surface area contributed by atoms with Crippen LogP contribution >= 0.6 is 0 Å². The lowest BCUT2D eigenvalue weighted by Gasteiger charge is -2.23. The van der Waals surface area contributed by atoms with Gasteiger partial charge in [-0.25, -0.2) is 15.0 Å². The van der Waals surface area contributed by atoms with E-state index in [1.54, 1.807) is 95.8 Å². The number of hydrogen-bond donors (Lipinski definition) is 0. The van der Waals surface area contributed by atoms with E-state index in [2.05, 4.69) is 29.3 Å². The van der Waals surface area contributed by atoms with Crippen LogP contribution in [0.1, 0.15) is 39.5 Å². The summed E-state index contributed by atoms with van der Waals surface area (Å²) in [5.41, 5.74) is 7.91. The van der Waals surface area contributed by atoms with Gasteiger partial charge in [0.1, 0.15) is 17.2 Å². The fourth-order valence-corrected chi connectivity index (χ4v) is 10.5. The third-order valence-electron chi connectivity index (χ3n) is 13.8. The van der Waals surface area contributed by atoms with Gasteiger partial charge in [0, 0.05) is 27.1 Å². The molecular formula is C64H36F3N9. The number of nitrogens with zero attached hydrogens (tertiary/aromatic N) is 9. The second kappa shape index (κ2) is 18.1. The maximum Gasteiger partial charge on any atom is 0.420 e. The lowest BCUT2D eigenvalue weighted by Crippen LogP contribution is -2.16. The Morgan fingerprint density at radius 1 is 0.355 bits per heavy atom. The van der Waals surface area contributed by atoms with Crippen molar-refractivity contribution in [1.82, 2.24) is 24.1 Å². The van der Waals surface area contributed by atoms with Crippen molar-refractivity contribution in [2.75, 3.05) is 0 Å². The van der Waals surface area contributed by atoms with Crippen LogP contribution < -0.4 is 0 Å². The lowest BCUT2D eigenvalue weighted by atomic mass is 10.0. The van der Waals surface area contributed by atoms with E-state index >= 15 is 13.2 Å². The molecule has 0 saturated carbocycles. The van der Waals surface area contributed by atoms with Crippen molar-refractivity contribution in [3.05, 3.63) is 221 Å². The molecule has 0 unspecified atom stereocenters. The number of halogens is 3. The molecule has 9 aromatic carbocycles. The highest BCUT2D eigenvalue weighted by atomic mass is 19.4. The fourth-order valence-electron chi connectivity index (χ4n) is 10.5. The Morgan fingerprint density at radius 2 is 0.645 bits per heavy atom. The first-order valence-electron chi connectivity index (χ1n) is 24.0. The van der Waals surface area contributed by atoms with Crippen molar-refractivity contribution in [2.24, 2.45) is 0 Å². The Labute approximate surface area is 433 Å². The average Bonchev–Trinajstić information content (AvgIpc) is 3.97. The maximum absolute atomic E-state index is 17.3. The lowest BCUT2D eigenvalue weighted by molar-refractivity contribution is -0.137. The van der Waals surface area contributed by atoms with Crippen LogP contribution in [0.2, 0.25) is 0 Å². The molecule has 3 heterocycles. The molecule has 0 fully saturated rings. The summed E-state index contributed by atoms with van der Waals surface area (Å²) in [6.45, 7) is 3.42. The van der Waals surface area contributed by atoms with Gasteiger partial charge in [0.2, 0.25) is 0 Å². The van der Waals surface area contributed by atoms with E-state index in [-0.39, 0.29) is 22.8 Å². The second-order valence-corrected chi connectivity index (χ2v) is 18.5. The monoisotopic (exact) mass is 987 g/mol. The predicted molar refractivity (Wildman–Crippen MR) is 289 cm³/mol. The largest absolute Gasteiger partial charge is 0.420 e. The Morgan fingerprint density at radius 3 is 0.921 bits per heavy atom. The minimum atomic E-state index is -5.03. The highest BCUT2D eigenvalue weighted by Crippen LogP contribution is 2.48. The molecule has 9 nitrogen and oxygen atoms in total. The average molecular weight is 988 g/mol. The molecule has 12 heteroatoms. The van der Waals surface area contributed by atoms with E-state index in [1.165, 1.54) is 12.1 Å². The first-order chi connectivity index (χ1) is 36.9. The molecule has 0 atom stereocenters. The number of nitriles is 4. The molecule has 3 aromatic heterocycles. The Hall–Kier alpha value is -10.7. The summed E-state index contributed by atoms with van der Waals surface area (Å²) in [4.78, 5) is 13.9. The Kier molecular flexibility index (Phi) is 11.1. The zero-order valence-electron chi connectivity index (χ0n) is 40.5. The zero-order valence-corrected chi connectivity index (χ0v) is 40.5. The van der Waals surface area contributed by atoms with Crippen molar-refractivity contribution >= 4 is 43.6 Å². The van der Waals surface area contributed by atoms with Crippen LogP contribution in [-0.4, -0.2) is 24.1 Å². The number of benzene rings is 9. The van der Waals surface area contributed by atoms with Crippen LogP contribution in [0.4, 0.5) is 13.2 Å². The quantitative estimate of drug-likeness (QED) is 0.155. The third-order valence-corrected chi connectivity index (χ3v) is 13.8. The SMILES string of the molecule is Cc1nc(C)nc(-c2cc(-n3c4cc(-c5cccc(C#N)c5)ccc4c4ccc(-c5cccc(C#N)c5)cc43)c(C(F)(F)F)c(-n3c4cc(-c5cccc(C#N)c5)ccc4c4ccc(-c5cccc(C#N)c5)cc43)c2)n1. The van der Waals surface area contributed by atoms with E-state index in [0.29, 0.717) is 122 Å². The van der Waals surface area contributed by atoms with Crippen molar-refractivity contribution in [3.63, 3.8) is 0 Å². The highest BCUT2D eigenvalue weighted by molar-refractivity contribution is 6.13. The zero-order chi connectivity index (χ0) is 52.4. The van der Waals surface area contributed by atoms with Gasteiger partial charge < -0.3 is 9.13 Å². The van der Waals surface area contributed by atoms with Crippen molar-refractivity contribution < 1.29 is 13.2 Å². The smallest absolute Gasteiger partial charge is 0.308 e. The maximum atomic E-state index is 17.3. The van der Waals surface area contributed by atoms with Gasteiger partial charge in [-0.2, -0.15) is 34.2 Å². The molecule has 0 amide bonds. The highest BCUT2D eigenvalue weighted by Gasteiger charge is 2.40. The van der Waals surface area contributed by atoms with E-state index < -0.39 is 11.7 Å². The van der Waals surface area contributed by atoms with Gasteiger partial charge in [-0.05, 0) is 143 Å². The molecule has 0 aliphatic heterocycles. The molecule has 0 radical (unpaired) electrons. The first kappa shape index (κ1) is 46.4. The van der Waals surface area contributed by atoms with Gasteiger partial charge in [0.05, 0.1) is 80.0 Å². The Bertz CT molecular complexity index is 4100. The standard InChI is InChI=1S/C64H36F3N9/c1-37-72-38(2)74-63(73-37)51-31-60(75-56-27-47(43-11-3-7-39(23-43)33-68)15-19-52(56)53-20-16-48(28-57(53)75)44-12-4-8-40(24-44)34-69)62(64(65,66)67)61(32-51)76-58-29-49(45-13-5-9-41(25-45)35-70)17-21-54(58)55-22-18-50(30-59(55)76)46-14-6-10-42(26-46)36-71/h3-32H,1-2H3. The number of hydrogen-bond acceptors (Lipinski definition) is 7. The van der Waals surface area contributed by atoms with E-state index in [9.17, 15) is 21.0 Å². The number of alkyl halides is 3. The molecule has 0 spiro atoms. The second-order valence-electron chi connectivity index (χ2n) is 18.5. The topological polar surface area (TPSA) is 144 Å². The molecule has 0 N–H and O–H groups in total. The summed E-state index contributed by atoms with van der Waals surface area (Å²) < 4.78 is 55.1. The number of fused-ring (bicyclic) bond motifs is 6. The Balaban J connectivity index is 1.26. The summed E-state index contributed by atoms with van der Waals surface area (Å²) in [6, 6.07) is 62.7. The van der Waals surface area contributed by atoms with Crippen LogP contribution in [0.25, 0.3) is 111 Å². The van der Waals surface area contributed by atoms with E-state index in [0.717, 1.165) is 0 Å². The van der Waals surface area contributed by atoms with Crippen LogP contribution in [0, 0.1) is 59.2 Å². The number of rotatable bonds is 7. The fraction of sp³-hybridized carbons (Fsp3) is 0.0469.